The minimum Gasteiger partial charge on any atom is -0.489 e. The van der Waals surface area contributed by atoms with Crippen LogP contribution in [0.3, 0.4) is 0 Å². The second-order valence-electron chi connectivity index (χ2n) is 10.2. The van der Waals surface area contributed by atoms with Crippen molar-refractivity contribution < 1.29 is 27.8 Å². The zero-order valence-corrected chi connectivity index (χ0v) is 23.2. The van der Waals surface area contributed by atoms with Crippen LogP contribution >= 0.6 is 22.9 Å². The normalized spacial score (nSPS) is 21.7. The Balaban J connectivity index is 1.31. The van der Waals surface area contributed by atoms with Crippen LogP contribution in [0.1, 0.15) is 22.3 Å². The number of hydrogen-bond donors (Lipinski definition) is 1. The van der Waals surface area contributed by atoms with Crippen molar-refractivity contribution in [1.29, 1.82) is 5.26 Å². The predicted molar refractivity (Wildman–Crippen MR) is 147 cm³/mol. The van der Waals surface area contributed by atoms with Crippen molar-refractivity contribution >= 4 is 50.0 Å². The number of fused-ring (bicyclic) bond motifs is 4. The van der Waals surface area contributed by atoms with Gasteiger partial charge in [0.1, 0.15) is 34.9 Å². The van der Waals surface area contributed by atoms with Crippen LogP contribution in [0.4, 0.5) is 18.6 Å². The molecule has 2 N–H and O–H groups in total. The molecule has 2 saturated heterocycles. The first-order valence-electron chi connectivity index (χ1n) is 12.9. The van der Waals surface area contributed by atoms with Gasteiger partial charge in [0.15, 0.2) is 5.75 Å². The molecule has 42 heavy (non-hydrogen) atoms. The number of carbonyl (C=O) groups is 2. The lowest BCUT2D eigenvalue weighted by atomic mass is 9.78. The van der Waals surface area contributed by atoms with Crippen molar-refractivity contribution in [2.45, 2.75) is 18.0 Å². The Morgan fingerprint density at radius 1 is 1.24 bits per heavy atom. The van der Waals surface area contributed by atoms with Crippen molar-refractivity contribution in [3.05, 3.63) is 58.4 Å². The van der Waals surface area contributed by atoms with Crippen molar-refractivity contribution in [1.82, 2.24) is 24.8 Å². The second kappa shape index (κ2) is 9.62. The Kier molecular flexibility index (Phi) is 6.08. The third-order valence-corrected chi connectivity index (χ3v) is 9.46. The van der Waals surface area contributed by atoms with Crippen LogP contribution in [0.25, 0.3) is 21.2 Å². The molecule has 5 heterocycles. The largest absolute Gasteiger partial charge is 0.489 e. The second-order valence-corrected chi connectivity index (χ2v) is 11.6. The van der Waals surface area contributed by atoms with Crippen LogP contribution in [0, 0.1) is 23.0 Å². The van der Waals surface area contributed by atoms with Gasteiger partial charge in [-0.25, -0.2) is 13.6 Å². The fraction of sp³-hybridized carbons (Fsp3) is 0.296. The van der Waals surface area contributed by atoms with Gasteiger partial charge in [-0.05, 0) is 24.1 Å². The van der Waals surface area contributed by atoms with Crippen molar-refractivity contribution in [3.8, 4) is 22.9 Å². The highest BCUT2D eigenvalue weighted by Gasteiger charge is 2.62. The van der Waals surface area contributed by atoms with Gasteiger partial charge in [0.25, 0.3) is 5.91 Å². The highest BCUT2D eigenvalue weighted by Crippen LogP contribution is 2.49. The first-order chi connectivity index (χ1) is 20.3. The van der Waals surface area contributed by atoms with Gasteiger partial charge in [-0.15, -0.1) is 11.3 Å². The Morgan fingerprint density at radius 3 is 2.79 bits per heavy atom. The average Bonchev–Trinajstić information content (AvgIpc) is 3.53. The highest BCUT2D eigenvalue weighted by molar-refractivity contribution is 7.23. The fourth-order valence-electron chi connectivity index (χ4n) is 6.11. The van der Waals surface area contributed by atoms with Crippen molar-refractivity contribution in [2.24, 2.45) is 0 Å². The highest BCUT2D eigenvalue weighted by atomic mass is 35.5. The van der Waals surface area contributed by atoms with E-state index < -0.39 is 35.2 Å². The molecule has 4 aromatic rings. The van der Waals surface area contributed by atoms with Gasteiger partial charge in [0, 0.05) is 30.6 Å². The molecule has 1 spiro atoms. The molecule has 2 amide bonds. The quantitative estimate of drug-likeness (QED) is 0.342. The third kappa shape index (κ3) is 3.63. The molecule has 3 aliphatic rings. The Morgan fingerprint density at radius 2 is 2.02 bits per heavy atom. The van der Waals surface area contributed by atoms with E-state index >= 15 is 4.39 Å². The van der Waals surface area contributed by atoms with Gasteiger partial charge in [-0.2, -0.15) is 15.5 Å². The van der Waals surface area contributed by atoms with Gasteiger partial charge in [0.05, 0.1) is 45.9 Å². The monoisotopic (exact) mass is 611 g/mol. The molecule has 0 aliphatic carbocycles. The lowest BCUT2D eigenvalue weighted by Crippen LogP contribution is -2.81. The van der Waals surface area contributed by atoms with Crippen LogP contribution in [0.5, 0.6) is 5.75 Å². The predicted octanol–water partition coefficient (Wildman–Crippen LogP) is 3.89. The molecule has 2 atom stereocenters. The summed E-state index contributed by atoms with van der Waals surface area (Å²) in [6, 6.07) is 4.35. The Hall–Kier alpha value is -4.32. The molecule has 2 fully saturated rings. The Bertz CT molecular complexity index is 1840. The number of benzene rings is 2. The van der Waals surface area contributed by atoms with Gasteiger partial charge < -0.3 is 25.0 Å². The number of amides is 2. The molecular weight excluding hydrogens is 592 g/mol. The first-order valence-corrected chi connectivity index (χ1v) is 14.1. The lowest BCUT2D eigenvalue weighted by Gasteiger charge is -2.59. The number of rotatable bonds is 1. The number of carbonyl (C=O) groups excluding carboxylic acids is 2. The molecule has 214 valence electrons. The summed E-state index contributed by atoms with van der Waals surface area (Å²) >= 11 is 7.64. The van der Waals surface area contributed by atoms with E-state index in [2.05, 4.69) is 10.2 Å². The van der Waals surface area contributed by atoms with Gasteiger partial charge in [-0.1, -0.05) is 22.5 Å². The van der Waals surface area contributed by atoms with E-state index in [1.807, 2.05) is 6.07 Å². The molecule has 0 saturated carbocycles. The van der Waals surface area contributed by atoms with E-state index in [-0.39, 0.29) is 67.9 Å². The van der Waals surface area contributed by atoms with Gasteiger partial charge >= 0.3 is 6.03 Å². The molecule has 15 heteroatoms. The molecule has 7 rings (SSSR count). The van der Waals surface area contributed by atoms with Crippen LogP contribution in [-0.4, -0.2) is 81.2 Å². The fourth-order valence-corrected chi connectivity index (χ4v) is 7.41. The van der Waals surface area contributed by atoms with Crippen LogP contribution in [0.2, 0.25) is 5.02 Å². The molecule has 2 aromatic carbocycles. The number of hydrogen-bond acceptors (Lipinski definition) is 9. The lowest BCUT2D eigenvalue weighted by molar-refractivity contribution is -0.107. The summed E-state index contributed by atoms with van der Waals surface area (Å²) in [7, 11) is 0. The van der Waals surface area contributed by atoms with Crippen molar-refractivity contribution in [2.75, 3.05) is 38.6 Å². The SMILES string of the molecule is N#Cc1c(N)sc2c(F)ccc(-c3c(F)cc4c(c3Cl)OCC3N(CC35COCCCN5C(=O)n3nccn3)C4=O)c12. The summed E-state index contributed by atoms with van der Waals surface area (Å²) < 4.78 is 42.6. The molecule has 2 aromatic heterocycles. The van der Waals surface area contributed by atoms with Gasteiger partial charge in [0.2, 0.25) is 0 Å². The molecule has 0 bridgehead atoms. The number of nitrogen functional groups attached to an aromatic ring is 1. The topological polar surface area (TPSA) is 140 Å². The minimum absolute atomic E-state index is 0.00259. The smallest absolute Gasteiger partial charge is 0.362 e. The summed E-state index contributed by atoms with van der Waals surface area (Å²) in [6.45, 7) is 0.954. The third-order valence-electron chi connectivity index (χ3n) is 8.07. The number of halogens is 3. The van der Waals surface area contributed by atoms with Gasteiger partial charge in [-0.3, -0.25) is 4.79 Å². The number of anilines is 1. The maximum atomic E-state index is 15.9. The minimum atomic E-state index is -0.939. The summed E-state index contributed by atoms with van der Waals surface area (Å²) in [5.74, 6) is -2.05. The molecule has 0 radical (unpaired) electrons. The van der Waals surface area contributed by atoms with E-state index in [0.29, 0.717) is 19.6 Å². The zero-order valence-electron chi connectivity index (χ0n) is 21.6. The number of nitriles is 1. The number of nitrogens with two attached hydrogens (primary N) is 1. The van der Waals surface area contributed by atoms with E-state index in [9.17, 15) is 19.2 Å². The van der Waals surface area contributed by atoms with E-state index in [1.165, 1.54) is 23.4 Å². The van der Waals surface area contributed by atoms with E-state index in [0.717, 1.165) is 28.3 Å². The summed E-state index contributed by atoms with van der Waals surface area (Å²) in [5, 5.41) is 17.6. The van der Waals surface area contributed by atoms with Crippen LogP contribution < -0.4 is 10.5 Å². The standard InChI is InChI=1S/C27H20ClF2N7O4S/c28-21-20(13-2-3-16(29)23-19(13)15(9-31)24(32)42-23)17(30)8-14-22(21)41-10-18-27(11-35(18)25(14)38)12-40-7-1-6-36(27)26(39)37-33-4-5-34-37/h2-5,8,18H,1,6-7,10-12,32H2. The first kappa shape index (κ1) is 26.6. The Labute approximate surface area is 245 Å². The summed E-state index contributed by atoms with van der Waals surface area (Å²) in [5.41, 5.74) is 4.92. The average molecular weight is 612 g/mol. The molecular formula is C27H20ClF2N7O4S. The molecule has 3 aliphatic heterocycles. The maximum absolute atomic E-state index is 15.9. The molecule has 11 nitrogen and oxygen atoms in total. The number of nitrogens with zero attached hydrogens (tertiary/aromatic N) is 6. The number of thiophene rings is 1. The number of aromatic nitrogens is 3. The van der Waals surface area contributed by atoms with E-state index in [4.69, 9.17) is 26.8 Å². The number of ether oxygens (including phenoxy) is 2. The zero-order chi connectivity index (χ0) is 29.3. The summed E-state index contributed by atoms with van der Waals surface area (Å²) in [4.78, 5) is 31.3. The van der Waals surface area contributed by atoms with E-state index in [1.54, 1.807) is 4.90 Å². The van der Waals surface area contributed by atoms with Crippen molar-refractivity contribution in [3.63, 3.8) is 0 Å². The van der Waals surface area contributed by atoms with Crippen LogP contribution in [-0.2, 0) is 4.74 Å². The maximum Gasteiger partial charge on any atom is 0.362 e. The molecule has 2 unspecified atom stereocenters. The summed E-state index contributed by atoms with van der Waals surface area (Å²) in [6.07, 6.45) is 3.36. The van der Waals surface area contributed by atoms with Crippen LogP contribution in [0.15, 0.2) is 30.6 Å².